The second-order valence-corrected chi connectivity index (χ2v) is 10.1. The molecule has 0 unspecified atom stereocenters. The lowest BCUT2D eigenvalue weighted by Crippen LogP contribution is -2.48. The van der Waals surface area contributed by atoms with E-state index in [0.29, 0.717) is 10.9 Å². The van der Waals surface area contributed by atoms with Crippen LogP contribution in [0.3, 0.4) is 0 Å². The molecule has 168 valence electrons. The van der Waals surface area contributed by atoms with E-state index in [1.54, 1.807) is 0 Å². The van der Waals surface area contributed by atoms with Crippen LogP contribution in [0.2, 0.25) is 5.02 Å². The number of aromatic amines is 1. The van der Waals surface area contributed by atoms with Gasteiger partial charge in [-0.05, 0) is 74.9 Å². The van der Waals surface area contributed by atoms with Crippen molar-refractivity contribution in [3.63, 3.8) is 0 Å². The zero-order chi connectivity index (χ0) is 22.1. The van der Waals surface area contributed by atoms with Gasteiger partial charge in [-0.3, -0.25) is 0 Å². The standard InChI is InChI=1S/C27H32ClN3O/c1-31(15-6-11-25-29-24-10-5-9-23(28)26(24)30-25)16-14-27(32)18-20-12-13-21(27)17-22(20)19-7-3-2-4-8-19/h2-5,7-10,17,20-21,32H,6,11-16,18H2,1H3,(H,29,30)/t20-,21-,27+/m0/s1. The van der Waals surface area contributed by atoms with Gasteiger partial charge in [-0.1, -0.05) is 54.1 Å². The fourth-order valence-corrected chi connectivity index (χ4v) is 5.83. The fraction of sp³-hybridized carbons (Fsp3) is 0.444. The highest BCUT2D eigenvalue weighted by Gasteiger charge is 2.46. The smallest absolute Gasteiger partial charge is 0.107 e. The fourth-order valence-electron chi connectivity index (χ4n) is 5.62. The zero-order valence-corrected chi connectivity index (χ0v) is 19.5. The van der Waals surface area contributed by atoms with Crippen LogP contribution >= 0.6 is 11.6 Å². The molecule has 3 aliphatic rings. The van der Waals surface area contributed by atoms with Crippen LogP contribution in [-0.2, 0) is 6.42 Å². The summed E-state index contributed by atoms with van der Waals surface area (Å²) in [5, 5.41) is 12.2. The van der Waals surface area contributed by atoms with Crippen LogP contribution in [-0.4, -0.2) is 45.7 Å². The number of hydrogen-bond donors (Lipinski definition) is 2. The number of halogens is 1. The summed E-state index contributed by atoms with van der Waals surface area (Å²) in [6.07, 6.45) is 8.33. The predicted octanol–water partition coefficient (Wildman–Crippen LogP) is 5.72. The van der Waals surface area contributed by atoms with E-state index in [-0.39, 0.29) is 5.92 Å². The summed E-state index contributed by atoms with van der Waals surface area (Å²) >= 11 is 6.24. The quantitative estimate of drug-likeness (QED) is 0.462. The number of allylic oxidation sites excluding steroid dienone is 1. The highest BCUT2D eigenvalue weighted by atomic mass is 35.5. The van der Waals surface area contributed by atoms with E-state index in [2.05, 4.69) is 58.3 Å². The monoisotopic (exact) mass is 449 g/mol. The second kappa shape index (κ2) is 9.01. The number of aliphatic hydroxyl groups is 1. The van der Waals surface area contributed by atoms with Gasteiger partial charge in [0.1, 0.15) is 11.3 Å². The summed E-state index contributed by atoms with van der Waals surface area (Å²) in [6, 6.07) is 16.5. The van der Waals surface area contributed by atoms with Gasteiger partial charge in [0.05, 0.1) is 16.1 Å². The molecular weight excluding hydrogens is 418 g/mol. The van der Waals surface area contributed by atoms with E-state index in [1.807, 2.05) is 18.2 Å². The van der Waals surface area contributed by atoms with E-state index in [0.717, 1.165) is 62.1 Å². The molecule has 0 radical (unpaired) electrons. The van der Waals surface area contributed by atoms with Gasteiger partial charge >= 0.3 is 0 Å². The molecule has 1 aromatic heterocycles. The van der Waals surface area contributed by atoms with Crippen LogP contribution in [0.1, 0.15) is 43.5 Å². The van der Waals surface area contributed by atoms with Gasteiger partial charge < -0.3 is 15.0 Å². The molecule has 1 saturated carbocycles. The average Bonchev–Trinajstić information content (AvgIpc) is 3.23. The number of fused-ring (bicyclic) bond motifs is 3. The van der Waals surface area contributed by atoms with Gasteiger partial charge in [0.2, 0.25) is 0 Å². The average molecular weight is 450 g/mol. The van der Waals surface area contributed by atoms with Crippen LogP contribution < -0.4 is 0 Å². The van der Waals surface area contributed by atoms with Crippen molar-refractivity contribution in [2.24, 2.45) is 11.8 Å². The molecular formula is C27H32ClN3O. The molecule has 1 heterocycles. The molecule has 1 fully saturated rings. The van der Waals surface area contributed by atoms with Crippen LogP contribution in [0.25, 0.3) is 16.6 Å². The molecule has 6 rings (SSSR count). The van der Waals surface area contributed by atoms with Crippen LogP contribution in [0.4, 0.5) is 0 Å². The normalized spacial score (nSPS) is 24.9. The number of imidazole rings is 1. The molecule has 32 heavy (non-hydrogen) atoms. The molecule has 4 nitrogen and oxygen atoms in total. The highest BCUT2D eigenvalue weighted by Crippen LogP contribution is 2.51. The van der Waals surface area contributed by atoms with E-state index in [4.69, 9.17) is 11.6 Å². The number of aryl methyl sites for hydroxylation is 1. The maximum atomic E-state index is 11.5. The van der Waals surface area contributed by atoms with Crippen LogP contribution in [0.5, 0.6) is 0 Å². The third-order valence-corrected chi connectivity index (χ3v) is 7.74. The molecule has 0 amide bonds. The van der Waals surface area contributed by atoms with Crippen molar-refractivity contribution in [1.82, 2.24) is 14.9 Å². The molecule has 2 bridgehead atoms. The number of aromatic nitrogens is 2. The van der Waals surface area contributed by atoms with Crippen molar-refractivity contribution in [3.8, 4) is 0 Å². The van der Waals surface area contributed by atoms with E-state index in [9.17, 15) is 5.11 Å². The molecule has 0 saturated heterocycles. The van der Waals surface area contributed by atoms with Gasteiger partial charge in [0.15, 0.2) is 0 Å². The van der Waals surface area contributed by atoms with Crippen molar-refractivity contribution in [3.05, 3.63) is 71.0 Å². The molecule has 0 spiro atoms. The first-order valence-electron chi connectivity index (χ1n) is 11.8. The Morgan fingerprint density at radius 2 is 1.97 bits per heavy atom. The van der Waals surface area contributed by atoms with E-state index in [1.165, 1.54) is 17.6 Å². The lowest BCUT2D eigenvalue weighted by molar-refractivity contribution is -0.0574. The summed E-state index contributed by atoms with van der Waals surface area (Å²) < 4.78 is 0. The Hall–Kier alpha value is -2.14. The van der Waals surface area contributed by atoms with E-state index >= 15 is 0 Å². The Bertz CT molecular complexity index is 1110. The summed E-state index contributed by atoms with van der Waals surface area (Å²) in [6.45, 7) is 1.90. The Morgan fingerprint density at radius 3 is 2.72 bits per heavy atom. The van der Waals surface area contributed by atoms with Gasteiger partial charge in [0, 0.05) is 18.9 Å². The first-order chi connectivity index (χ1) is 15.5. The molecule has 3 atom stereocenters. The van der Waals surface area contributed by atoms with Crippen molar-refractivity contribution in [2.45, 2.75) is 44.1 Å². The van der Waals surface area contributed by atoms with E-state index < -0.39 is 5.60 Å². The van der Waals surface area contributed by atoms with Gasteiger partial charge in [-0.2, -0.15) is 0 Å². The highest BCUT2D eigenvalue weighted by molar-refractivity contribution is 6.34. The number of benzene rings is 2. The number of H-pyrrole nitrogens is 1. The Morgan fingerprint density at radius 1 is 1.12 bits per heavy atom. The minimum Gasteiger partial charge on any atom is -0.389 e. The van der Waals surface area contributed by atoms with Gasteiger partial charge in [-0.15, -0.1) is 0 Å². The Labute approximate surface area is 195 Å². The first-order valence-corrected chi connectivity index (χ1v) is 12.2. The molecule has 2 aromatic carbocycles. The topological polar surface area (TPSA) is 52.2 Å². The third kappa shape index (κ3) is 4.36. The molecule has 2 N–H and O–H groups in total. The Balaban J connectivity index is 1.13. The zero-order valence-electron chi connectivity index (χ0n) is 18.7. The summed E-state index contributed by atoms with van der Waals surface area (Å²) in [5.74, 6) is 1.75. The van der Waals surface area contributed by atoms with Gasteiger partial charge in [-0.25, -0.2) is 4.98 Å². The SMILES string of the molecule is CN(CCCc1nc2c(Cl)cccc2[nH]1)CC[C@@]1(O)C[C@@H]2CC[C@H]1C=C2c1ccccc1. The minimum atomic E-state index is -0.565. The summed E-state index contributed by atoms with van der Waals surface area (Å²) in [4.78, 5) is 10.4. The minimum absolute atomic E-state index is 0.274. The number of rotatable bonds is 8. The van der Waals surface area contributed by atoms with Crippen molar-refractivity contribution < 1.29 is 5.11 Å². The summed E-state index contributed by atoms with van der Waals surface area (Å²) in [5.41, 5.74) is 4.07. The van der Waals surface area contributed by atoms with Crippen molar-refractivity contribution in [2.75, 3.05) is 20.1 Å². The van der Waals surface area contributed by atoms with Crippen LogP contribution in [0.15, 0.2) is 54.6 Å². The van der Waals surface area contributed by atoms with Crippen molar-refractivity contribution >= 4 is 28.2 Å². The second-order valence-electron chi connectivity index (χ2n) is 9.65. The maximum Gasteiger partial charge on any atom is 0.107 e. The van der Waals surface area contributed by atoms with Crippen molar-refractivity contribution in [1.29, 1.82) is 0 Å². The molecule has 0 aliphatic heterocycles. The lowest BCUT2D eigenvalue weighted by Gasteiger charge is -2.48. The number of nitrogens with one attached hydrogen (secondary N) is 1. The molecule has 3 aliphatic carbocycles. The first kappa shape index (κ1) is 21.7. The van der Waals surface area contributed by atoms with Gasteiger partial charge in [0.25, 0.3) is 0 Å². The number of hydrogen-bond acceptors (Lipinski definition) is 3. The predicted molar refractivity (Wildman–Crippen MR) is 132 cm³/mol. The Kier molecular flexibility index (Phi) is 6.11. The van der Waals surface area contributed by atoms with Crippen LogP contribution in [0, 0.1) is 11.8 Å². The molecule has 5 heteroatoms. The lowest BCUT2D eigenvalue weighted by atomic mass is 9.61. The maximum absolute atomic E-state index is 11.5. The molecule has 3 aromatic rings. The third-order valence-electron chi connectivity index (χ3n) is 7.44. The number of para-hydroxylation sites is 1. The largest absolute Gasteiger partial charge is 0.389 e. The number of nitrogens with zero attached hydrogens (tertiary/aromatic N) is 2. The summed E-state index contributed by atoms with van der Waals surface area (Å²) in [7, 11) is 2.16.